The molecule has 0 bridgehead atoms. The summed E-state index contributed by atoms with van der Waals surface area (Å²) in [6.45, 7) is 0.530. The third-order valence-corrected chi connectivity index (χ3v) is 1.10. The van der Waals surface area contributed by atoms with Gasteiger partial charge in [-0.15, -0.1) is 0 Å². The van der Waals surface area contributed by atoms with Crippen molar-refractivity contribution >= 4 is 0 Å². The molecule has 0 aliphatic rings. The summed E-state index contributed by atoms with van der Waals surface area (Å²) in [6, 6.07) is 0. The Balaban J connectivity index is 2.84. The van der Waals surface area contributed by atoms with Gasteiger partial charge in [-0.1, -0.05) is 0 Å². The molecule has 0 aliphatic heterocycles. The minimum atomic E-state index is -0.316. The lowest BCUT2D eigenvalue weighted by molar-refractivity contribution is -0.480. The van der Waals surface area contributed by atoms with Gasteiger partial charge in [0.15, 0.2) is 0 Å². The maximum atomic E-state index is 9.78. The Kier molecular flexibility index (Phi) is 6.00. The lowest BCUT2D eigenvalue weighted by atomic mass is 10.2. The van der Waals surface area contributed by atoms with Crippen LogP contribution in [-0.2, 0) is 4.84 Å². The second-order valence-electron chi connectivity index (χ2n) is 1.99. The first kappa shape index (κ1) is 9.32. The molecule has 5 heteroatoms. The fourth-order valence-electron chi connectivity index (χ4n) is 0.603. The summed E-state index contributed by atoms with van der Waals surface area (Å²) in [4.78, 5) is 13.7. The summed E-state index contributed by atoms with van der Waals surface area (Å²) in [5.74, 6) is 4.74. The molecule has 0 saturated carbocycles. The van der Waals surface area contributed by atoms with Gasteiger partial charge in [0.1, 0.15) is 0 Å². The van der Waals surface area contributed by atoms with Gasteiger partial charge in [-0.2, -0.15) is 0 Å². The van der Waals surface area contributed by atoms with Gasteiger partial charge < -0.3 is 4.84 Å². The van der Waals surface area contributed by atoms with E-state index in [1.165, 1.54) is 0 Å². The van der Waals surface area contributed by atoms with Crippen LogP contribution in [0.3, 0.4) is 0 Å². The van der Waals surface area contributed by atoms with Crippen LogP contribution in [0.25, 0.3) is 0 Å². The molecule has 0 saturated heterocycles. The predicted octanol–water partition coefficient (Wildman–Crippen LogP) is 0.324. The van der Waals surface area contributed by atoms with Crippen LogP contribution < -0.4 is 5.90 Å². The molecule has 0 atom stereocenters. The Labute approximate surface area is 59.3 Å². The highest BCUT2D eigenvalue weighted by Gasteiger charge is 1.95. The molecule has 0 aliphatic carbocycles. The quantitative estimate of drug-likeness (QED) is 0.334. The van der Waals surface area contributed by atoms with Gasteiger partial charge in [-0.05, 0) is 12.8 Å². The Morgan fingerprint density at radius 3 is 2.60 bits per heavy atom. The predicted molar refractivity (Wildman–Crippen MR) is 35.9 cm³/mol. The second-order valence-corrected chi connectivity index (χ2v) is 1.99. The molecule has 0 heterocycles. The number of nitrogens with zero attached hydrogens (tertiary/aromatic N) is 1. The largest absolute Gasteiger partial charge is 0.305 e. The molecular formula is C5H12N2O3. The molecule has 0 unspecified atom stereocenters. The first-order valence-electron chi connectivity index (χ1n) is 3.21. The van der Waals surface area contributed by atoms with Gasteiger partial charge in [0.2, 0.25) is 6.54 Å². The lowest BCUT2D eigenvalue weighted by Gasteiger charge is -1.94. The van der Waals surface area contributed by atoms with E-state index in [2.05, 4.69) is 4.84 Å². The minimum absolute atomic E-state index is 0.0462. The Bertz CT molecular complexity index is 96.9. The molecule has 0 aromatic rings. The van der Waals surface area contributed by atoms with Crippen LogP contribution in [0.15, 0.2) is 0 Å². The molecule has 5 nitrogen and oxygen atoms in total. The molecule has 0 spiro atoms. The van der Waals surface area contributed by atoms with Gasteiger partial charge in [-0.3, -0.25) is 10.1 Å². The highest BCUT2D eigenvalue weighted by Crippen LogP contribution is 1.94. The maximum absolute atomic E-state index is 9.78. The molecule has 0 radical (unpaired) electrons. The van der Waals surface area contributed by atoms with E-state index in [0.29, 0.717) is 13.0 Å². The summed E-state index contributed by atoms with van der Waals surface area (Å²) < 4.78 is 0. The van der Waals surface area contributed by atoms with Crippen LogP contribution in [-0.4, -0.2) is 18.1 Å². The number of hydrogen-bond donors (Lipinski definition) is 1. The van der Waals surface area contributed by atoms with E-state index >= 15 is 0 Å². The van der Waals surface area contributed by atoms with Crippen LogP contribution in [0.1, 0.15) is 19.3 Å². The summed E-state index contributed by atoms with van der Waals surface area (Å²) in [5, 5.41) is 9.78. The Morgan fingerprint density at radius 2 is 2.10 bits per heavy atom. The molecule has 10 heavy (non-hydrogen) atoms. The zero-order valence-electron chi connectivity index (χ0n) is 5.78. The molecule has 0 aromatic heterocycles. The summed E-state index contributed by atoms with van der Waals surface area (Å²) >= 11 is 0. The van der Waals surface area contributed by atoms with Crippen LogP contribution in [0, 0.1) is 10.1 Å². The smallest absolute Gasteiger partial charge is 0.203 e. The normalized spacial score (nSPS) is 9.70. The van der Waals surface area contributed by atoms with Crippen molar-refractivity contribution in [3.63, 3.8) is 0 Å². The van der Waals surface area contributed by atoms with Crippen molar-refractivity contribution in [1.29, 1.82) is 0 Å². The number of hydrogen-bond acceptors (Lipinski definition) is 4. The van der Waals surface area contributed by atoms with Gasteiger partial charge in [-0.25, -0.2) is 5.90 Å². The molecule has 0 rings (SSSR count). The van der Waals surface area contributed by atoms with Gasteiger partial charge in [0, 0.05) is 11.3 Å². The highest BCUT2D eigenvalue weighted by molar-refractivity contribution is 4.38. The van der Waals surface area contributed by atoms with E-state index < -0.39 is 0 Å². The van der Waals surface area contributed by atoms with Gasteiger partial charge in [0.05, 0.1) is 6.61 Å². The monoisotopic (exact) mass is 148 g/mol. The Morgan fingerprint density at radius 1 is 1.40 bits per heavy atom. The standard InChI is InChI=1S/C5H12N2O3/c6-10-5-3-1-2-4-7(8)9/h1-6H2. The highest BCUT2D eigenvalue weighted by atomic mass is 16.6. The second kappa shape index (κ2) is 6.44. The summed E-state index contributed by atoms with van der Waals surface area (Å²) in [5.41, 5.74) is 0. The fourth-order valence-corrected chi connectivity index (χ4v) is 0.603. The summed E-state index contributed by atoms with van der Waals surface area (Å²) in [6.07, 6.45) is 2.21. The Hall–Kier alpha value is -0.680. The van der Waals surface area contributed by atoms with E-state index in [1.807, 2.05) is 0 Å². The molecule has 0 aromatic carbocycles. The molecule has 2 N–H and O–H groups in total. The van der Waals surface area contributed by atoms with E-state index in [9.17, 15) is 10.1 Å². The maximum Gasteiger partial charge on any atom is 0.203 e. The average Bonchev–Trinajstić information content (AvgIpc) is 1.87. The van der Waals surface area contributed by atoms with Crippen LogP contribution in [0.2, 0.25) is 0 Å². The van der Waals surface area contributed by atoms with Crippen molar-refractivity contribution in [2.45, 2.75) is 19.3 Å². The van der Waals surface area contributed by atoms with Crippen molar-refractivity contribution in [2.24, 2.45) is 5.90 Å². The van der Waals surface area contributed by atoms with Crippen molar-refractivity contribution in [3.8, 4) is 0 Å². The van der Waals surface area contributed by atoms with Crippen molar-refractivity contribution < 1.29 is 9.76 Å². The first-order valence-corrected chi connectivity index (χ1v) is 3.21. The zero-order chi connectivity index (χ0) is 7.82. The third-order valence-electron chi connectivity index (χ3n) is 1.10. The van der Waals surface area contributed by atoms with E-state index in [4.69, 9.17) is 5.90 Å². The average molecular weight is 148 g/mol. The van der Waals surface area contributed by atoms with Gasteiger partial charge in [0.25, 0.3) is 0 Å². The van der Waals surface area contributed by atoms with E-state index in [1.54, 1.807) is 0 Å². The van der Waals surface area contributed by atoms with Crippen LogP contribution in [0.4, 0.5) is 0 Å². The molecule has 0 fully saturated rings. The van der Waals surface area contributed by atoms with Crippen LogP contribution in [0.5, 0.6) is 0 Å². The number of nitrogens with two attached hydrogens (primary N) is 1. The molecule has 0 amide bonds. The number of unbranched alkanes of at least 4 members (excludes halogenated alkanes) is 2. The van der Waals surface area contributed by atoms with E-state index in [-0.39, 0.29) is 11.5 Å². The molecular weight excluding hydrogens is 136 g/mol. The zero-order valence-corrected chi connectivity index (χ0v) is 5.78. The van der Waals surface area contributed by atoms with Crippen molar-refractivity contribution in [3.05, 3.63) is 10.1 Å². The van der Waals surface area contributed by atoms with Gasteiger partial charge >= 0.3 is 0 Å². The number of rotatable bonds is 6. The third kappa shape index (κ3) is 7.32. The first-order chi connectivity index (χ1) is 4.77. The number of nitro groups is 1. The summed E-state index contributed by atoms with van der Waals surface area (Å²) in [7, 11) is 0. The van der Waals surface area contributed by atoms with Crippen molar-refractivity contribution in [2.75, 3.05) is 13.2 Å². The van der Waals surface area contributed by atoms with Crippen LogP contribution >= 0.6 is 0 Å². The molecule has 60 valence electrons. The fraction of sp³-hybridized carbons (Fsp3) is 1.00. The van der Waals surface area contributed by atoms with E-state index in [0.717, 1.165) is 12.8 Å². The minimum Gasteiger partial charge on any atom is -0.305 e. The lowest BCUT2D eigenvalue weighted by Crippen LogP contribution is -2.03. The SMILES string of the molecule is NOCCCCC[N+](=O)[O-]. The van der Waals surface area contributed by atoms with Crippen molar-refractivity contribution in [1.82, 2.24) is 0 Å². The topological polar surface area (TPSA) is 78.4 Å².